The molecule has 0 aliphatic heterocycles. The first-order valence-corrected chi connectivity index (χ1v) is 44.7. The van der Waals surface area contributed by atoms with Gasteiger partial charge in [0.1, 0.15) is 0 Å². The number of rotatable bonds is 32. The lowest BCUT2D eigenvalue weighted by atomic mass is 9.97. The van der Waals surface area contributed by atoms with Crippen LogP contribution >= 0.6 is 0 Å². The second-order valence-electron chi connectivity index (χ2n) is 32.3. The molecule has 13 aromatic rings. The number of aryl methyl sites for hydroxylation is 14. The van der Waals surface area contributed by atoms with Gasteiger partial charge in [-0.25, -0.2) is 0 Å². The predicted octanol–water partition coefficient (Wildman–Crippen LogP) is 34.6. The standard InChI is InChI=1S/3C17H22.3C16H20.C13H20/c1-3-4-5-6-10-15-11-8-12-16-14(2)9-7-13-17(15)16;1-3-4-5-6-9-15-13-12-14(2)16-10-7-8-11-17(15)16;1-3-4-5-6-7-15-9-11-16-12-14(2)8-10-17(16)13-15;1-3-4-5-9-14-10-7-11-15-13(2)8-6-12-16(14)15;1-3-4-5-8-14-12-11-13(2)15-9-6-7-10-16(14)15;1-3-4-5-6-14-8-10-15-11-13(2)7-9-16(15)12-14;1-3-4-5-6-7-13-10-8-12(2)9-11-13/h7-9,11-13H,3-6,10H2,1-2H3;7-8,10-13H,3-6,9H2,1-2H3;8-13H,3-7H2,1-2H3;6-8,10-12H,3-5,9H2,1-2H3;6-7,9-12H,3-5,8H2,1-2H3;7-12H,3-6H2,1-2H3;8-11H,3-7H2,1-2H3. The van der Waals surface area contributed by atoms with Gasteiger partial charge in [0.15, 0.2) is 0 Å². The third kappa shape index (κ3) is 31.4. The molecular weight excluding hydrogens is 1350 g/mol. The maximum atomic E-state index is 2.35. The van der Waals surface area contributed by atoms with E-state index >= 15 is 0 Å². The van der Waals surface area contributed by atoms with E-state index in [4.69, 9.17) is 0 Å². The van der Waals surface area contributed by atoms with E-state index in [-0.39, 0.29) is 0 Å². The summed E-state index contributed by atoms with van der Waals surface area (Å²) in [6.07, 6.45) is 41.9. The smallest absolute Gasteiger partial charge is 0.0149 e. The Hall–Kier alpha value is -8.58. The normalized spacial score (nSPS) is 10.8. The van der Waals surface area contributed by atoms with E-state index in [1.807, 2.05) is 0 Å². The highest BCUT2D eigenvalue weighted by molar-refractivity contribution is 5.91. The first-order valence-electron chi connectivity index (χ1n) is 44.7. The number of benzene rings is 13. The zero-order valence-corrected chi connectivity index (χ0v) is 72.7. The van der Waals surface area contributed by atoms with Gasteiger partial charge >= 0.3 is 0 Å². The van der Waals surface area contributed by atoms with Gasteiger partial charge in [-0.3, -0.25) is 0 Å². The molecule has 112 heavy (non-hydrogen) atoms. The summed E-state index contributed by atoms with van der Waals surface area (Å²) in [5, 5.41) is 16.9. The van der Waals surface area contributed by atoms with E-state index in [2.05, 4.69) is 340 Å². The molecule has 0 saturated carbocycles. The van der Waals surface area contributed by atoms with Gasteiger partial charge in [0, 0.05) is 0 Å². The van der Waals surface area contributed by atoms with Crippen molar-refractivity contribution in [1.29, 1.82) is 0 Å². The van der Waals surface area contributed by atoms with Crippen LogP contribution in [-0.4, -0.2) is 0 Å². The largest absolute Gasteiger partial charge is 0.0654 e. The van der Waals surface area contributed by atoms with Crippen molar-refractivity contribution in [3.05, 3.63) is 321 Å². The van der Waals surface area contributed by atoms with E-state index in [0.29, 0.717) is 0 Å². The third-order valence-electron chi connectivity index (χ3n) is 22.6. The molecule has 0 aromatic heterocycles. The van der Waals surface area contributed by atoms with Crippen LogP contribution in [0.15, 0.2) is 243 Å². The molecule has 13 aromatic carbocycles. The highest BCUT2D eigenvalue weighted by atomic mass is 14.1. The quantitative estimate of drug-likeness (QED) is 0.0369. The molecule has 0 saturated heterocycles. The minimum atomic E-state index is 1.22. The van der Waals surface area contributed by atoms with Crippen LogP contribution in [0.4, 0.5) is 0 Å². The van der Waals surface area contributed by atoms with Gasteiger partial charge in [-0.05, 0) is 264 Å². The van der Waals surface area contributed by atoms with Crippen LogP contribution in [0.2, 0.25) is 0 Å². The number of hydrogen-bond acceptors (Lipinski definition) is 0. The zero-order valence-electron chi connectivity index (χ0n) is 72.7. The molecule has 0 radical (unpaired) electrons. The Balaban J connectivity index is 0.000000182. The number of hydrogen-bond donors (Lipinski definition) is 0. The Morgan fingerprint density at radius 3 is 0.768 bits per heavy atom. The van der Waals surface area contributed by atoms with E-state index in [1.165, 1.54) is 348 Å². The molecule has 0 nitrogen and oxygen atoms in total. The molecule has 0 fully saturated rings. The summed E-state index contributed by atoms with van der Waals surface area (Å²) in [6, 6.07) is 89.4. The summed E-state index contributed by atoms with van der Waals surface area (Å²) in [5.74, 6) is 0. The van der Waals surface area contributed by atoms with E-state index < -0.39 is 0 Å². The van der Waals surface area contributed by atoms with Gasteiger partial charge in [-0.15, -0.1) is 0 Å². The molecule has 594 valence electrons. The summed E-state index contributed by atoms with van der Waals surface area (Å²) in [7, 11) is 0. The second-order valence-corrected chi connectivity index (χ2v) is 32.3. The summed E-state index contributed by atoms with van der Waals surface area (Å²) >= 11 is 0. The van der Waals surface area contributed by atoms with Crippen molar-refractivity contribution in [2.24, 2.45) is 0 Å². The van der Waals surface area contributed by atoms with Crippen LogP contribution in [0.1, 0.15) is 287 Å². The average molecular weight is 1490 g/mol. The lowest BCUT2D eigenvalue weighted by Crippen LogP contribution is -1.89. The zero-order chi connectivity index (χ0) is 79.9. The average Bonchev–Trinajstić information content (AvgIpc) is 0.845. The third-order valence-corrected chi connectivity index (χ3v) is 22.6. The van der Waals surface area contributed by atoms with Crippen molar-refractivity contribution in [2.45, 2.75) is 302 Å². The molecule has 0 heteroatoms. The fourth-order valence-corrected chi connectivity index (χ4v) is 15.6. The summed E-state index contributed by atoms with van der Waals surface area (Å²) in [5.41, 5.74) is 20.1. The van der Waals surface area contributed by atoms with E-state index in [0.717, 1.165) is 0 Å². The van der Waals surface area contributed by atoms with Crippen LogP contribution in [0.3, 0.4) is 0 Å². The number of unbranched alkanes of at least 4 members (excludes halogenated alkanes) is 18. The van der Waals surface area contributed by atoms with Crippen molar-refractivity contribution in [2.75, 3.05) is 0 Å². The predicted molar refractivity (Wildman–Crippen MR) is 504 cm³/mol. The van der Waals surface area contributed by atoms with Crippen molar-refractivity contribution < 1.29 is 0 Å². The summed E-state index contributed by atoms with van der Waals surface area (Å²) in [4.78, 5) is 0. The topological polar surface area (TPSA) is 0 Å². The van der Waals surface area contributed by atoms with Gasteiger partial charge in [-0.1, -0.05) is 423 Å². The Bertz CT molecular complexity index is 4670. The highest BCUT2D eigenvalue weighted by Crippen LogP contribution is 2.29. The van der Waals surface area contributed by atoms with Crippen LogP contribution in [-0.2, 0) is 44.9 Å². The maximum Gasteiger partial charge on any atom is -0.0149 e. The van der Waals surface area contributed by atoms with Crippen LogP contribution < -0.4 is 0 Å². The van der Waals surface area contributed by atoms with Crippen molar-refractivity contribution in [3.8, 4) is 0 Å². The SMILES string of the molecule is CCCCCCc1ccc(C)c2ccccc12.CCCCCCc1ccc(C)cc1.CCCCCCc1ccc2cc(C)ccc2c1.CCCCCCc1cccc2c(C)cccc12.CCCCCc1ccc(C)c2ccccc12.CCCCCc1ccc2cc(C)ccc2c1.CCCCCc1cccc2c(C)cccc12. The minimum absolute atomic E-state index is 1.22. The first-order chi connectivity index (χ1) is 54.7. The minimum Gasteiger partial charge on any atom is -0.0654 e. The van der Waals surface area contributed by atoms with Crippen molar-refractivity contribution >= 4 is 64.6 Å². The Morgan fingerprint density at radius 2 is 0.402 bits per heavy atom. The second kappa shape index (κ2) is 52.7. The van der Waals surface area contributed by atoms with Crippen molar-refractivity contribution in [3.63, 3.8) is 0 Å². The summed E-state index contributed by atoms with van der Waals surface area (Å²) in [6.45, 7) is 31.0. The molecule has 0 aliphatic carbocycles. The molecule has 0 bridgehead atoms. The van der Waals surface area contributed by atoms with Gasteiger partial charge in [0.2, 0.25) is 0 Å². The lowest BCUT2D eigenvalue weighted by molar-refractivity contribution is 0.667. The van der Waals surface area contributed by atoms with Crippen LogP contribution in [0, 0.1) is 48.5 Å². The van der Waals surface area contributed by atoms with Gasteiger partial charge in [-0.2, -0.15) is 0 Å². The fraction of sp³-hybridized carbons (Fsp3) is 0.411. The fourth-order valence-electron chi connectivity index (χ4n) is 15.6. The molecule has 0 amide bonds. The van der Waals surface area contributed by atoms with Crippen LogP contribution in [0.25, 0.3) is 64.6 Å². The molecule has 0 unspecified atom stereocenters. The lowest BCUT2D eigenvalue weighted by Gasteiger charge is -2.08. The molecular formula is C112H146. The molecule has 0 heterocycles. The number of fused-ring (bicyclic) bond motifs is 6. The van der Waals surface area contributed by atoms with Crippen LogP contribution in [0.5, 0.6) is 0 Å². The highest BCUT2D eigenvalue weighted by Gasteiger charge is 2.08. The molecule has 13 rings (SSSR count). The summed E-state index contributed by atoms with van der Waals surface area (Å²) < 4.78 is 0. The maximum absolute atomic E-state index is 2.35. The van der Waals surface area contributed by atoms with Crippen molar-refractivity contribution in [1.82, 2.24) is 0 Å². The van der Waals surface area contributed by atoms with E-state index in [1.54, 1.807) is 0 Å². The van der Waals surface area contributed by atoms with Gasteiger partial charge in [0.25, 0.3) is 0 Å². The Labute approximate surface area is 683 Å². The Kier molecular flexibility index (Phi) is 42.6. The molecule has 0 atom stereocenters. The molecule has 0 aliphatic rings. The molecule has 0 N–H and O–H groups in total. The molecule has 0 spiro atoms. The van der Waals surface area contributed by atoms with E-state index in [9.17, 15) is 0 Å². The monoisotopic (exact) mass is 1490 g/mol. The van der Waals surface area contributed by atoms with Gasteiger partial charge in [0.05, 0.1) is 0 Å². The Morgan fingerprint density at radius 1 is 0.161 bits per heavy atom. The van der Waals surface area contributed by atoms with Gasteiger partial charge < -0.3 is 0 Å². The first kappa shape index (κ1) is 90.6.